The van der Waals surface area contributed by atoms with Crippen molar-refractivity contribution in [2.45, 2.75) is 158 Å². The van der Waals surface area contributed by atoms with Crippen molar-refractivity contribution in [3.63, 3.8) is 0 Å². The summed E-state index contributed by atoms with van der Waals surface area (Å²) in [6, 6.07) is 7.53. The molecule has 0 saturated carbocycles. The van der Waals surface area contributed by atoms with Gasteiger partial charge < -0.3 is 38.6 Å². The maximum absolute atomic E-state index is 13.5. The molecule has 2 atom stereocenters. The van der Waals surface area contributed by atoms with Crippen molar-refractivity contribution in [2.75, 3.05) is 39.6 Å². The molecule has 2 aromatic carbocycles. The number of phenols is 2. The third kappa shape index (κ3) is 10.00. The summed E-state index contributed by atoms with van der Waals surface area (Å²) in [7, 11) is 0. The first kappa shape index (κ1) is 46.5. The molecule has 2 aliphatic heterocycles. The van der Waals surface area contributed by atoms with Gasteiger partial charge in [-0.05, 0) is 97.6 Å². The summed E-state index contributed by atoms with van der Waals surface area (Å²) in [6.07, 6.45) is 1.57. The van der Waals surface area contributed by atoms with Crippen LogP contribution >= 0.6 is 0 Å². The lowest BCUT2D eigenvalue weighted by atomic mass is 9.80. The number of ether oxygens (including phenoxy) is 6. The van der Waals surface area contributed by atoms with Crippen molar-refractivity contribution >= 4 is 11.9 Å². The lowest BCUT2D eigenvalue weighted by Crippen LogP contribution is -2.58. The molecule has 1 spiro atoms. The van der Waals surface area contributed by atoms with Crippen LogP contribution < -0.4 is 0 Å². The molecule has 2 unspecified atom stereocenters. The first-order valence-electron chi connectivity index (χ1n) is 21.0. The van der Waals surface area contributed by atoms with Crippen molar-refractivity contribution in [2.24, 2.45) is 16.2 Å². The van der Waals surface area contributed by atoms with E-state index in [1.807, 2.05) is 93.5 Å². The smallest absolute Gasteiger partial charge is 0.313 e. The summed E-state index contributed by atoms with van der Waals surface area (Å²) >= 11 is 0. The van der Waals surface area contributed by atoms with Crippen molar-refractivity contribution in [1.29, 1.82) is 0 Å². The van der Waals surface area contributed by atoms with Gasteiger partial charge in [0.1, 0.15) is 24.7 Å². The highest BCUT2D eigenvalue weighted by atomic mass is 16.7. The molecular formula is C47H72O10. The molecule has 10 heteroatoms. The van der Waals surface area contributed by atoms with E-state index in [4.69, 9.17) is 28.4 Å². The molecule has 0 radical (unpaired) electrons. The Balaban J connectivity index is 1.36. The number of benzene rings is 2. The molecule has 2 aliphatic rings. The van der Waals surface area contributed by atoms with Gasteiger partial charge in [0.25, 0.3) is 0 Å². The van der Waals surface area contributed by atoms with Crippen LogP contribution in [0.2, 0.25) is 0 Å². The Kier molecular flexibility index (Phi) is 14.7. The predicted octanol–water partition coefficient (Wildman–Crippen LogP) is 9.65. The maximum Gasteiger partial charge on any atom is 0.313 e. The van der Waals surface area contributed by atoms with Crippen molar-refractivity contribution in [1.82, 2.24) is 0 Å². The van der Waals surface area contributed by atoms with E-state index in [0.717, 1.165) is 33.4 Å². The summed E-state index contributed by atoms with van der Waals surface area (Å²) in [5.74, 6) is -1.19. The predicted molar refractivity (Wildman–Crippen MR) is 222 cm³/mol. The molecule has 2 saturated heterocycles. The molecule has 10 nitrogen and oxygen atoms in total. The minimum absolute atomic E-state index is 0.149. The fourth-order valence-electron chi connectivity index (χ4n) is 7.98. The van der Waals surface area contributed by atoms with E-state index >= 15 is 0 Å². The van der Waals surface area contributed by atoms with Crippen molar-refractivity contribution in [3.05, 3.63) is 57.6 Å². The third-order valence-electron chi connectivity index (χ3n) is 13.0. The van der Waals surface area contributed by atoms with Gasteiger partial charge in [0.05, 0.1) is 54.5 Å². The number of carbonyl (C=O) groups excluding carboxylic acids is 2. The number of aryl methyl sites for hydroxylation is 2. The summed E-state index contributed by atoms with van der Waals surface area (Å²) in [6.45, 7) is 29.6. The fraction of sp³-hybridized carbons (Fsp3) is 0.702. The molecule has 2 aromatic rings. The van der Waals surface area contributed by atoms with Crippen LogP contribution in [0.3, 0.4) is 0 Å². The number of hydrogen-bond donors (Lipinski definition) is 2. The molecular weight excluding hydrogens is 725 g/mol. The molecule has 0 bridgehead atoms. The zero-order valence-corrected chi connectivity index (χ0v) is 37.4. The minimum atomic E-state index is -0.578. The highest BCUT2D eigenvalue weighted by Crippen LogP contribution is 2.44. The lowest BCUT2D eigenvalue weighted by molar-refractivity contribution is -0.343. The highest BCUT2D eigenvalue weighted by Gasteiger charge is 2.51. The zero-order valence-electron chi connectivity index (χ0n) is 37.4. The van der Waals surface area contributed by atoms with E-state index in [0.29, 0.717) is 52.1 Å². The summed E-state index contributed by atoms with van der Waals surface area (Å²) in [5, 5.41) is 21.4. The van der Waals surface area contributed by atoms with Crippen LogP contribution in [0, 0.1) is 30.1 Å². The van der Waals surface area contributed by atoms with Crippen LogP contribution in [-0.4, -0.2) is 74.4 Å². The second kappa shape index (κ2) is 18.0. The minimum Gasteiger partial charge on any atom is -0.507 e. The van der Waals surface area contributed by atoms with E-state index < -0.39 is 40.7 Å². The largest absolute Gasteiger partial charge is 0.507 e. The van der Waals surface area contributed by atoms with Gasteiger partial charge in [0.2, 0.25) is 0 Å². The monoisotopic (exact) mass is 797 g/mol. The number of phenolic OH excluding ortho intramolecular Hbond substituents is 2. The molecule has 4 rings (SSSR count). The molecule has 0 aliphatic carbocycles. The maximum atomic E-state index is 13.5. The van der Waals surface area contributed by atoms with Crippen LogP contribution in [0.15, 0.2) is 24.3 Å². The Morgan fingerprint density at radius 2 is 0.930 bits per heavy atom. The van der Waals surface area contributed by atoms with E-state index in [1.54, 1.807) is 0 Å². The third-order valence-corrected chi connectivity index (χ3v) is 13.0. The first-order chi connectivity index (χ1) is 26.5. The highest BCUT2D eigenvalue weighted by molar-refractivity contribution is 5.79. The molecule has 320 valence electrons. The Bertz CT molecular complexity index is 1560. The number of aromatic hydroxyl groups is 2. The normalized spacial score (nSPS) is 21.9. The molecule has 2 heterocycles. The number of carbonyl (C=O) groups is 2. The van der Waals surface area contributed by atoms with Gasteiger partial charge in [-0.15, -0.1) is 0 Å². The van der Waals surface area contributed by atoms with Gasteiger partial charge in [-0.2, -0.15) is 0 Å². The Hall–Kier alpha value is -3.18. The average Bonchev–Trinajstić information content (AvgIpc) is 3.17. The quantitative estimate of drug-likeness (QED) is 0.178. The fourth-order valence-corrected chi connectivity index (χ4v) is 7.98. The zero-order chi connectivity index (χ0) is 42.7. The Morgan fingerprint density at radius 3 is 1.19 bits per heavy atom. The Morgan fingerprint density at radius 1 is 0.632 bits per heavy atom. The van der Waals surface area contributed by atoms with E-state index in [9.17, 15) is 19.8 Å². The second-order valence-electron chi connectivity index (χ2n) is 19.2. The second-order valence-corrected chi connectivity index (χ2v) is 19.2. The topological polar surface area (TPSA) is 130 Å². The van der Waals surface area contributed by atoms with E-state index in [2.05, 4.69) is 27.7 Å². The molecule has 2 N–H and O–H groups in total. The van der Waals surface area contributed by atoms with Gasteiger partial charge in [-0.3, -0.25) is 9.59 Å². The SMILES string of the molecule is CCC(CC)(COC(=O)C(C)c1cc(C)c(O)c(C(C)(C)C)c1)C1OCC2(CO1)COC(C(CC)(CC)COC(=O)C(C)c1cc(C)c(O)c(C(C)(C)C)c1)OC2. The number of esters is 2. The van der Waals surface area contributed by atoms with Crippen molar-refractivity contribution in [3.8, 4) is 11.5 Å². The van der Waals surface area contributed by atoms with E-state index in [-0.39, 0.29) is 47.5 Å². The van der Waals surface area contributed by atoms with Crippen LogP contribution in [-0.2, 0) is 48.8 Å². The van der Waals surface area contributed by atoms with Crippen LogP contribution in [0.4, 0.5) is 0 Å². The summed E-state index contributed by atoms with van der Waals surface area (Å²) in [5.41, 5.74) is 2.50. The van der Waals surface area contributed by atoms with Gasteiger partial charge in [0.15, 0.2) is 12.6 Å². The Labute approximate surface area is 342 Å². The van der Waals surface area contributed by atoms with Crippen LogP contribution in [0.1, 0.15) is 154 Å². The molecule has 0 amide bonds. The van der Waals surface area contributed by atoms with Gasteiger partial charge in [0, 0.05) is 0 Å². The van der Waals surface area contributed by atoms with Gasteiger partial charge >= 0.3 is 11.9 Å². The number of hydrogen-bond acceptors (Lipinski definition) is 10. The van der Waals surface area contributed by atoms with Crippen LogP contribution in [0.25, 0.3) is 0 Å². The molecule has 2 fully saturated rings. The van der Waals surface area contributed by atoms with Gasteiger partial charge in [-0.1, -0.05) is 93.5 Å². The van der Waals surface area contributed by atoms with E-state index in [1.165, 1.54) is 0 Å². The molecule has 57 heavy (non-hydrogen) atoms. The molecule has 0 aromatic heterocycles. The lowest BCUT2D eigenvalue weighted by Gasteiger charge is -2.50. The van der Waals surface area contributed by atoms with Crippen molar-refractivity contribution < 1.29 is 48.2 Å². The average molecular weight is 797 g/mol. The summed E-state index contributed by atoms with van der Waals surface area (Å²) < 4.78 is 37.9. The summed E-state index contributed by atoms with van der Waals surface area (Å²) in [4.78, 5) is 27.0. The number of rotatable bonds is 14. The standard InChI is InChI=1S/C47H72O10/c1-15-46(16-2,27-52-39(50)31(7)33-19-29(5)37(48)35(21-33)43(9,10)11)41-54-23-45(24-55-41)25-56-42(57-26-45)47(17-3,18-4)28-53-40(51)32(8)34-20-30(6)38(49)36(22-34)44(12,13)14/h19-22,31-32,41-42,48-49H,15-18,23-28H2,1-14H3. The van der Waals surface area contributed by atoms with Gasteiger partial charge in [-0.25, -0.2) is 0 Å². The first-order valence-corrected chi connectivity index (χ1v) is 21.0. The van der Waals surface area contributed by atoms with Crippen LogP contribution in [0.5, 0.6) is 11.5 Å².